The standard InChI is InChI=1S/C11H21N2O3.C2H6.V/c1-12-4-8-16-10-9-15-7-3-11(14)13-5-2-6-13;1-2;/h2,12H,3-10H2,1H3;1-2H3;/q-1;;. The number of ether oxygens (including phenoxy) is 2. The van der Waals surface area contributed by atoms with Crippen molar-refractivity contribution in [3.8, 4) is 0 Å². The van der Waals surface area contributed by atoms with Crippen molar-refractivity contribution in [3.63, 3.8) is 0 Å². The first kappa shape index (κ1) is 21.2. The van der Waals surface area contributed by atoms with Crippen molar-refractivity contribution in [2.75, 3.05) is 53.1 Å². The van der Waals surface area contributed by atoms with Gasteiger partial charge in [0.2, 0.25) is 5.91 Å². The topological polar surface area (TPSA) is 50.8 Å². The van der Waals surface area contributed by atoms with Crippen LogP contribution in [0.2, 0.25) is 0 Å². The fourth-order valence-corrected chi connectivity index (χ4v) is 1.28. The van der Waals surface area contributed by atoms with E-state index < -0.39 is 0 Å². The molecule has 6 heteroatoms. The normalized spacial score (nSPS) is 12.9. The molecule has 1 saturated heterocycles. The zero-order valence-electron chi connectivity index (χ0n) is 12.4. The van der Waals surface area contributed by atoms with Crippen LogP contribution in [0.3, 0.4) is 0 Å². The molecular weight excluding hydrogens is 283 g/mol. The van der Waals surface area contributed by atoms with Crippen molar-refractivity contribution < 1.29 is 32.8 Å². The second kappa shape index (κ2) is 16.0. The van der Waals surface area contributed by atoms with Gasteiger partial charge >= 0.3 is 0 Å². The summed E-state index contributed by atoms with van der Waals surface area (Å²) in [5.41, 5.74) is 0. The Hall–Kier alpha value is -0.0656. The molecule has 0 aromatic carbocycles. The molecule has 0 saturated carbocycles. The number of carbonyl (C=O) groups is 1. The Morgan fingerprint density at radius 2 is 1.74 bits per heavy atom. The van der Waals surface area contributed by atoms with E-state index in [9.17, 15) is 4.79 Å². The summed E-state index contributed by atoms with van der Waals surface area (Å²) in [7, 11) is 1.89. The zero-order chi connectivity index (χ0) is 13.6. The average Bonchev–Trinajstić information content (AvgIpc) is 2.33. The van der Waals surface area contributed by atoms with Gasteiger partial charge in [0, 0.05) is 31.5 Å². The molecule has 19 heavy (non-hydrogen) atoms. The van der Waals surface area contributed by atoms with Crippen molar-refractivity contribution in [1.82, 2.24) is 10.2 Å². The molecule has 1 fully saturated rings. The van der Waals surface area contributed by atoms with Gasteiger partial charge in [0.05, 0.1) is 26.4 Å². The Balaban J connectivity index is 0. The number of likely N-dealkylation sites (N-methyl/N-ethyl adjacent to an activating group) is 1. The molecule has 1 radical (unpaired) electrons. The van der Waals surface area contributed by atoms with E-state index in [-0.39, 0.29) is 24.5 Å². The smallest absolute Gasteiger partial charge is 0.220 e. The van der Waals surface area contributed by atoms with Gasteiger partial charge in [0.1, 0.15) is 0 Å². The van der Waals surface area contributed by atoms with Gasteiger partial charge in [-0.1, -0.05) is 13.8 Å². The van der Waals surface area contributed by atoms with Crippen LogP contribution in [0, 0.1) is 6.42 Å². The predicted molar refractivity (Wildman–Crippen MR) is 72.4 cm³/mol. The number of amides is 1. The molecule has 1 amide bonds. The maximum Gasteiger partial charge on any atom is 0.220 e. The molecule has 0 aromatic rings. The van der Waals surface area contributed by atoms with Crippen LogP contribution in [0.5, 0.6) is 0 Å². The van der Waals surface area contributed by atoms with Gasteiger partial charge in [-0.05, 0) is 7.05 Å². The third-order valence-electron chi connectivity index (χ3n) is 2.38. The predicted octanol–water partition coefficient (Wildman–Crippen LogP) is 0.699. The summed E-state index contributed by atoms with van der Waals surface area (Å²) in [4.78, 5) is 13.2. The summed E-state index contributed by atoms with van der Waals surface area (Å²) < 4.78 is 10.6. The van der Waals surface area contributed by atoms with E-state index >= 15 is 0 Å². The molecule has 0 bridgehead atoms. The first-order chi connectivity index (χ1) is 8.84. The van der Waals surface area contributed by atoms with Crippen LogP contribution in [0.4, 0.5) is 0 Å². The summed E-state index contributed by atoms with van der Waals surface area (Å²) in [6, 6.07) is 0. The molecule has 1 N–H and O–H groups in total. The Bertz CT molecular complexity index is 202. The second-order valence-electron chi connectivity index (χ2n) is 3.67. The minimum Gasteiger partial charge on any atom is -0.402 e. The number of nitrogens with one attached hydrogen (secondary N) is 1. The van der Waals surface area contributed by atoms with Gasteiger partial charge < -0.3 is 19.7 Å². The van der Waals surface area contributed by atoms with Crippen LogP contribution in [-0.4, -0.2) is 63.9 Å². The quantitative estimate of drug-likeness (QED) is 0.503. The molecule has 0 atom stereocenters. The van der Waals surface area contributed by atoms with Crippen LogP contribution in [0.25, 0.3) is 0 Å². The van der Waals surface area contributed by atoms with Crippen molar-refractivity contribution in [1.29, 1.82) is 0 Å². The van der Waals surface area contributed by atoms with E-state index in [1.54, 1.807) is 0 Å². The van der Waals surface area contributed by atoms with Crippen LogP contribution in [-0.2, 0) is 32.8 Å². The van der Waals surface area contributed by atoms with Gasteiger partial charge in [-0.2, -0.15) is 0 Å². The Morgan fingerprint density at radius 3 is 2.21 bits per heavy atom. The van der Waals surface area contributed by atoms with Crippen molar-refractivity contribution in [2.45, 2.75) is 20.3 Å². The summed E-state index contributed by atoms with van der Waals surface area (Å²) in [5.74, 6) is 0.179. The van der Waals surface area contributed by atoms with E-state index in [0.717, 1.165) is 19.6 Å². The molecule has 0 aliphatic carbocycles. The first-order valence-corrected chi connectivity index (χ1v) is 6.74. The largest absolute Gasteiger partial charge is 0.402 e. The average molecular weight is 310 g/mol. The Kier molecular flexibility index (Phi) is 17.9. The molecular formula is C13H27N2O3V-. The number of hydrogen-bond donors (Lipinski definition) is 1. The fourth-order valence-electron chi connectivity index (χ4n) is 1.28. The van der Waals surface area contributed by atoms with E-state index in [2.05, 4.69) is 11.7 Å². The summed E-state index contributed by atoms with van der Waals surface area (Å²) in [6.07, 6.45) is 2.55. The SMILES string of the molecule is CC.CNCCOCCOCCC(=O)N1C[CH-]C1.[V]. The summed E-state index contributed by atoms with van der Waals surface area (Å²) in [6.45, 7) is 8.78. The maximum atomic E-state index is 11.4. The minimum atomic E-state index is 0. The number of rotatable bonds is 9. The van der Waals surface area contributed by atoms with Crippen LogP contribution >= 0.6 is 0 Å². The van der Waals surface area contributed by atoms with Gasteiger partial charge in [-0.15, -0.1) is 13.1 Å². The molecule has 113 valence electrons. The second-order valence-corrected chi connectivity index (χ2v) is 3.67. The fraction of sp³-hybridized carbons (Fsp3) is 0.846. The third-order valence-corrected chi connectivity index (χ3v) is 2.38. The van der Waals surface area contributed by atoms with Crippen LogP contribution in [0.15, 0.2) is 0 Å². The van der Waals surface area contributed by atoms with Crippen molar-refractivity contribution in [3.05, 3.63) is 6.42 Å². The van der Waals surface area contributed by atoms with Crippen LogP contribution in [0.1, 0.15) is 20.3 Å². The van der Waals surface area contributed by atoms with E-state index in [1.165, 1.54) is 0 Å². The van der Waals surface area contributed by atoms with Crippen LogP contribution < -0.4 is 5.32 Å². The van der Waals surface area contributed by atoms with Crippen molar-refractivity contribution >= 4 is 5.91 Å². The van der Waals surface area contributed by atoms with Gasteiger partial charge in [0.25, 0.3) is 0 Å². The molecule has 0 unspecified atom stereocenters. The first-order valence-electron chi connectivity index (χ1n) is 6.74. The number of carbonyl (C=O) groups excluding carboxylic acids is 1. The van der Waals surface area contributed by atoms with Crippen molar-refractivity contribution in [2.24, 2.45) is 0 Å². The Morgan fingerprint density at radius 1 is 1.16 bits per heavy atom. The van der Waals surface area contributed by atoms with E-state index in [1.807, 2.05) is 25.8 Å². The Labute approximate surface area is 129 Å². The monoisotopic (exact) mass is 310 g/mol. The molecule has 1 heterocycles. The molecule has 1 rings (SSSR count). The molecule has 0 aromatic heterocycles. The zero-order valence-corrected chi connectivity index (χ0v) is 13.8. The number of nitrogens with zero attached hydrogens (tertiary/aromatic N) is 1. The third kappa shape index (κ3) is 11.5. The molecule has 1 aliphatic rings. The van der Waals surface area contributed by atoms with E-state index in [0.29, 0.717) is 32.8 Å². The van der Waals surface area contributed by atoms with Gasteiger partial charge in [0.15, 0.2) is 0 Å². The van der Waals surface area contributed by atoms with E-state index in [4.69, 9.17) is 9.47 Å². The van der Waals surface area contributed by atoms with Gasteiger partial charge in [-0.25, -0.2) is 0 Å². The molecule has 1 aliphatic heterocycles. The summed E-state index contributed by atoms with van der Waals surface area (Å²) in [5, 5.41) is 2.99. The molecule has 5 nitrogen and oxygen atoms in total. The summed E-state index contributed by atoms with van der Waals surface area (Å²) >= 11 is 0. The minimum absolute atomic E-state index is 0. The number of hydrogen-bond acceptors (Lipinski definition) is 4. The van der Waals surface area contributed by atoms with Gasteiger partial charge in [-0.3, -0.25) is 11.2 Å². The number of likely N-dealkylation sites (tertiary alicyclic amines) is 1. The maximum absolute atomic E-state index is 11.4. The molecule has 0 spiro atoms.